The fourth-order valence-corrected chi connectivity index (χ4v) is 4.02. The maximum absolute atomic E-state index is 12.5. The summed E-state index contributed by atoms with van der Waals surface area (Å²) in [5, 5.41) is 0. The molecule has 0 aliphatic rings. The number of aromatic nitrogens is 1. The van der Waals surface area contributed by atoms with E-state index in [2.05, 4.69) is 4.99 Å². The molecular formula is C20H22N2O4S. The van der Waals surface area contributed by atoms with Gasteiger partial charge in [-0.1, -0.05) is 17.4 Å². The standard InChI is InChI=1S/C20H22N2O4S/c1-5-22-15-8-7-14(24-2)12-18(15)27-20(22)21-19(23)11-13-6-9-16(25-3)17(10-13)26-4/h6-10,12H,5,11H2,1-4H3. The Morgan fingerprint density at radius 3 is 2.48 bits per heavy atom. The number of fused-ring (bicyclic) bond motifs is 1. The zero-order chi connectivity index (χ0) is 19.4. The smallest absolute Gasteiger partial charge is 0.252 e. The molecule has 0 saturated heterocycles. The van der Waals surface area contributed by atoms with Gasteiger partial charge in [-0.15, -0.1) is 0 Å². The molecule has 3 rings (SSSR count). The predicted octanol–water partition coefficient (Wildman–Crippen LogP) is 3.42. The molecule has 7 heteroatoms. The van der Waals surface area contributed by atoms with Crippen LogP contribution in [0.3, 0.4) is 0 Å². The van der Waals surface area contributed by atoms with Crippen LogP contribution >= 0.6 is 11.3 Å². The Balaban J connectivity index is 1.93. The van der Waals surface area contributed by atoms with Crippen molar-refractivity contribution in [3.8, 4) is 17.2 Å². The van der Waals surface area contributed by atoms with E-state index in [1.807, 2.05) is 35.8 Å². The Hall–Kier alpha value is -2.80. The minimum atomic E-state index is -0.206. The fourth-order valence-electron chi connectivity index (χ4n) is 2.88. The molecule has 6 nitrogen and oxygen atoms in total. The second-order valence-corrected chi connectivity index (χ2v) is 6.84. The van der Waals surface area contributed by atoms with Crippen LogP contribution < -0.4 is 19.0 Å². The summed E-state index contributed by atoms with van der Waals surface area (Å²) in [5.41, 5.74) is 1.87. The van der Waals surface area contributed by atoms with E-state index in [-0.39, 0.29) is 12.3 Å². The molecule has 0 aliphatic heterocycles. The summed E-state index contributed by atoms with van der Waals surface area (Å²) >= 11 is 1.48. The van der Waals surface area contributed by atoms with E-state index in [9.17, 15) is 4.79 Å². The number of benzene rings is 2. The Morgan fingerprint density at radius 1 is 1.04 bits per heavy atom. The fraction of sp³-hybridized carbons (Fsp3) is 0.300. The number of aryl methyl sites for hydroxylation is 1. The summed E-state index contributed by atoms with van der Waals surface area (Å²) in [5.74, 6) is 1.81. The molecule has 1 heterocycles. The van der Waals surface area contributed by atoms with Crippen LogP contribution in [-0.4, -0.2) is 31.8 Å². The number of methoxy groups -OCH3 is 3. The highest BCUT2D eigenvalue weighted by atomic mass is 32.1. The summed E-state index contributed by atoms with van der Waals surface area (Å²) < 4.78 is 18.9. The van der Waals surface area contributed by atoms with Crippen molar-refractivity contribution < 1.29 is 19.0 Å². The average molecular weight is 386 g/mol. The second kappa shape index (κ2) is 8.26. The van der Waals surface area contributed by atoms with E-state index < -0.39 is 0 Å². The van der Waals surface area contributed by atoms with Gasteiger partial charge in [0.05, 0.1) is 38.0 Å². The lowest BCUT2D eigenvalue weighted by Gasteiger charge is -2.08. The van der Waals surface area contributed by atoms with E-state index in [1.54, 1.807) is 33.5 Å². The molecular weight excluding hydrogens is 364 g/mol. The first kappa shape index (κ1) is 19.0. The molecule has 1 amide bonds. The molecule has 142 valence electrons. The lowest BCUT2D eigenvalue weighted by molar-refractivity contribution is -0.117. The minimum Gasteiger partial charge on any atom is -0.497 e. The molecule has 0 fully saturated rings. The normalized spacial score (nSPS) is 11.6. The van der Waals surface area contributed by atoms with Crippen molar-refractivity contribution in [2.75, 3.05) is 21.3 Å². The summed E-state index contributed by atoms with van der Waals surface area (Å²) in [6.45, 7) is 2.77. The van der Waals surface area contributed by atoms with Crippen LogP contribution in [0.15, 0.2) is 41.4 Å². The molecule has 0 N–H and O–H groups in total. The Bertz CT molecular complexity index is 1040. The van der Waals surface area contributed by atoms with E-state index in [1.165, 1.54) is 11.3 Å². The van der Waals surface area contributed by atoms with Crippen LogP contribution in [0.25, 0.3) is 10.2 Å². The zero-order valence-corrected chi connectivity index (χ0v) is 16.6. The molecule has 0 spiro atoms. The van der Waals surface area contributed by atoms with Crippen LogP contribution in [0.5, 0.6) is 17.2 Å². The molecule has 0 saturated carbocycles. The van der Waals surface area contributed by atoms with Gasteiger partial charge in [-0.3, -0.25) is 4.79 Å². The summed E-state index contributed by atoms with van der Waals surface area (Å²) in [6, 6.07) is 11.3. The Labute approximate surface area is 161 Å². The van der Waals surface area contributed by atoms with Gasteiger partial charge in [0.25, 0.3) is 5.91 Å². The monoisotopic (exact) mass is 386 g/mol. The number of hydrogen-bond donors (Lipinski definition) is 0. The Kier molecular flexibility index (Phi) is 5.81. The molecule has 3 aromatic rings. The van der Waals surface area contributed by atoms with Crippen LogP contribution in [0.4, 0.5) is 0 Å². The average Bonchev–Trinajstić information content (AvgIpc) is 3.03. The summed E-state index contributed by atoms with van der Waals surface area (Å²) in [4.78, 5) is 17.6. The van der Waals surface area contributed by atoms with E-state index >= 15 is 0 Å². The highest BCUT2D eigenvalue weighted by Gasteiger charge is 2.10. The highest BCUT2D eigenvalue weighted by Crippen LogP contribution is 2.28. The summed E-state index contributed by atoms with van der Waals surface area (Å²) in [6.07, 6.45) is 0.196. The zero-order valence-electron chi connectivity index (χ0n) is 15.8. The molecule has 0 bridgehead atoms. The number of nitrogens with zero attached hydrogens (tertiary/aromatic N) is 2. The Morgan fingerprint density at radius 2 is 1.81 bits per heavy atom. The third-order valence-corrected chi connectivity index (χ3v) is 5.27. The molecule has 0 radical (unpaired) electrons. The highest BCUT2D eigenvalue weighted by molar-refractivity contribution is 7.16. The van der Waals surface area contributed by atoms with Crippen LogP contribution in [0, 0.1) is 0 Å². The van der Waals surface area contributed by atoms with Crippen molar-refractivity contribution in [3.05, 3.63) is 46.8 Å². The lowest BCUT2D eigenvalue weighted by Crippen LogP contribution is -2.16. The van der Waals surface area contributed by atoms with Gasteiger partial charge in [-0.25, -0.2) is 0 Å². The quantitative estimate of drug-likeness (QED) is 0.651. The van der Waals surface area contributed by atoms with Crippen LogP contribution in [0.1, 0.15) is 12.5 Å². The maximum Gasteiger partial charge on any atom is 0.252 e. The number of rotatable bonds is 6. The van der Waals surface area contributed by atoms with Crippen molar-refractivity contribution in [2.45, 2.75) is 19.9 Å². The van der Waals surface area contributed by atoms with Crippen LogP contribution in [-0.2, 0) is 17.8 Å². The first-order valence-corrected chi connectivity index (χ1v) is 9.37. The topological polar surface area (TPSA) is 62.1 Å². The van der Waals surface area contributed by atoms with Crippen molar-refractivity contribution >= 4 is 27.5 Å². The SMILES string of the molecule is CCn1c(=NC(=O)Cc2ccc(OC)c(OC)c2)sc2cc(OC)ccc21. The van der Waals surface area contributed by atoms with Crippen molar-refractivity contribution in [1.82, 2.24) is 4.57 Å². The predicted molar refractivity (Wildman–Crippen MR) is 106 cm³/mol. The van der Waals surface area contributed by atoms with Gasteiger partial charge >= 0.3 is 0 Å². The van der Waals surface area contributed by atoms with Gasteiger partial charge in [-0.05, 0) is 42.8 Å². The number of ether oxygens (including phenoxy) is 3. The number of thiazole rings is 1. The third-order valence-electron chi connectivity index (χ3n) is 4.23. The molecule has 0 atom stereocenters. The van der Waals surface area contributed by atoms with Crippen LogP contribution in [0.2, 0.25) is 0 Å². The van der Waals surface area contributed by atoms with Gasteiger partial charge in [-0.2, -0.15) is 4.99 Å². The van der Waals surface area contributed by atoms with Gasteiger partial charge in [0, 0.05) is 6.54 Å². The molecule has 0 unspecified atom stereocenters. The van der Waals surface area contributed by atoms with Gasteiger partial charge < -0.3 is 18.8 Å². The molecule has 27 heavy (non-hydrogen) atoms. The van der Waals surface area contributed by atoms with Gasteiger partial charge in [0.15, 0.2) is 16.3 Å². The van der Waals surface area contributed by atoms with Gasteiger partial charge in [0.2, 0.25) is 0 Å². The third kappa shape index (κ3) is 3.98. The van der Waals surface area contributed by atoms with Gasteiger partial charge in [0.1, 0.15) is 5.75 Å². The maximum atomic E-state index is 12.5. The largest absolute Gasteiger partial charge is 0.497 e. The number of carbonyl (C=O) groups is 1. The van der Waals surface area contributed by atoms with E-state index in [0.717, 1.165) is 28.1 Å². The second-order valence-electron chi connectivity index (χ2n) is 5.83. The number of carbonyl (C=O) groups excluding carboxylic acids is 1. The lowest BCUT2D eigenvalue weighted by atomic mass is 10.1. The number of amides is 1. The molecule has 2 aromatic carbocycles. The van der Waals surface area contributed by atoms with Crippen molar-refractivity contribution in [3.63, 3.8) is 0 Å². The van der Waals surface area contributed by atoms with E-state index in [4.69, 9.17) is 14.2 Å². The van der Waals surface area contributed by atoms with Crippen molar-refractivity contribution in [2.24, 2.45) is 4.99 Å². The number of hydrogen-bond acceptors (Lipinski definition) is 5. The van der Waals surface area contributed by atoms with E-state index in [0.29, 0.717) is 16.3 Å². The molecule has 0 aliphatic carbocycles. The first-order chi connectivity index (χ1) is 13.1. The summed E-state index contributed by atoms with van der Waals surface area (Å²) in [7, 11) is 4.79. The first-order valence-electron chi connectivity index (χ1n) is 8.55. The molecule has 1 aromatic heterocycles. The minimum absolute atomic E-state index is 0.196. The van der Waals surface area contributed by atoms with Crippen molar-refractivity contribution in [1.29, 1.82) is 0 Å².